The first kappa shape index (κ1) is 12.6. The van der Waals surface area contributed by atoms with Gasteiger partial charge in [-0.1, -0.05) is 35.9 Å². The van der Waals surface area contributed by atoms with Crippen molar-refractivity contribution in [1.82, 2.24) is 0 Å². The number of hydrogen-bond donors (Lipinski definition) is 0. The Bertz CT molecular complexity index is 699. The summed E-state index contributed by atoms with van der Waals surface area (Å²) in [5.74, 6) is 0.655. The van der Waals surface area contributed by atoms with E-state index in [1.807, 2.05) is 43.3 Å². The van der Waals surface area contributed by atoms with E-state index >= 15 is 0 Å². The molecule has 2 aromatic carbocycles. The molecule has 0 aliphatic carbocycles. The number of ether oxygens (including phenoxy) is 1. The lowest BCUT2D eigenvalue weighted by Crippen LogP contribution is -2.15. The van der Waals surface area contributed by atoms with E-state index in [0.717, 1.165) is 11.3 Å². The van der Waals surface area contributed by atoms with Crippen molar-refractivity contribution in [3.8, 4) is 5.75 Å². The van der Waals surface area contributed by atoms with Crippen molar-refractivity contribution in [2.75, 3.05) is 7.11 Å². The Morgan fingerprint density at radius 3 is 2.55 bits per heavy atom. The Balaban J connectivity index is 2.10. The number of carbonyl (C=O) groups is 1. The van der Waals surface area contributed by atoms with Crippen LogP contribution in [-0.2, 0) is 0 Å². The highest BCUT2D eigenvalue weighted by atomic mass is 16.5. The number of rotatable bonds is 2. The van der Waals surface area contributed by atoms with Gasteiger partial charge in [-0.15, -0.1) is 0 Å². The number of fused-ring (bicyclic) bond motifs is 1. The van der Waals surface area contributed by atoms with Gasteiger partial charge in [0, 0.05) is 0 Å². The Labute approximate surface area is 117 Å². The van der Waals surface area contributed by atoms with Crippen LogP contribution < -0.4 is 4.74 Å². The summed E-state index contributed by atoms with van der Waals surface area (Å²) in [4.78, 5) is 17.0. The molecular weight excluding hydrogens is 250 g/mol. The molecule has 0 spiro atoms. The second-order valence-electron chi connectivity index (χ2n) is 4.88. The number of carbonyl (C=O) groups excluding carboxylic acids is 1. The van der Waals surface area contributed by atoms with Crippen LogP contribution in [0.15, 0.2) is 47.5 Å². The molecule has 100 valence electrons. The number of hydrogen-bond acceptors (Lipinski definition) is 3. The van der Waals surface area contributed by atoms with E-state index in [2.05, 4.69) is 4.99 Å². The number of Topliss-reactive ketones (excluding diaryl/α,β-unsaturated/α-hetero) is 1. The lowest BCUT2D eigenvalue weighted by Gasteiger charge is -2.17. The third-order valence-corrected chi connectivity index (χ3v) is 3.47. The molecule has 2 aromatic rings. The summed E-state index contributed by atoms with van der Waals surface area (Å²) >= 11 is 0. The average Bonchev–Trinajstić information content (AvgIpc) is 2.47. The standard InChI is InChI=1S/C17H15NO2/c1-11-6-8-12(9-7-11)14-10-15(19)17-13(18-14)4-3-5-16(17)20-2/h3-9H,10H2,1-2H3. The van der Waals surface area contributed by atoms with Crippen molar-refractivity contribution in [1.29, 1.82) is 0 Å². The zero-order valence-electron chi connectivity index (χ0n) is 11.5. The summed E-state index contributed by atoms with van der Waals surface area (Å²) in [7, 11) is 1.57. The first-order valence-corrected chi connectivity index (χ1v) is 6.54. The molecule has 0 radical (unpaired) electrons. The molecule has 0 N–H and O–H groups in total. The molecule has 0 fully saturated rings. The van der Waals surface area contributed by atoms with Gasteiger partial charge in [-0.05, 0) is 24.6 Å². The number of nitrogens with zero attached hydrogens (tertiary/aromatic N) is 1. The first-order valence-electron chi connectivity index (χ1n) is 6.54. The Kier molecular flexibility index (Phi) is 3.11. The van der Waals surface area contributed by atoms with E-state index in [4.69, 9.17) is 4.74 Å². The van der Waals surface area contributed by atoms with E-state index in [0.29, 0.717) is 23.4 Å². The molecule has 1 heterocycles. The quantitative estimate of drug-likeness (QED) is 0.830. The van der Waals surface area contributed by atoms with Crippen LogP contribution in [0.3, 0.4) is 0 Å². The highest BCUT2D eigenvalue weighted by Crippen LogP contribution is 2.34. The summed E-state index contributed by atoms with van der Waals surface area (Å²) < 4.78 is 5.25. The van der Waals surface area contributed by atoms with Crippen LogP contribution in [0.1, 0.15) is 27.9 Å². The molecule has 0 saturated carbocycles. The minimum atomic E-state index is 0.0584. The fourth-order valence-corrected chi connectivity index (χ4v) is 2.40. The molecule has 0 bridgehead atoms. The second kappa shape index (κ2) is 4.93. The molecule has 0 unspecified atom stereocenters. The Morgan fingerprint density at radius 1 is 1.10 bits per heavy atom. The number of aliphatic imine (C=N–C) groups is 1. The SMILES string of the molecule is COc1cccc2c1C(=O)CC(c1ccc(C)cc1)=N2. The topological polar surface area (TPSA) is 38.7 Å². The molecule has 3 heteroatoms. The molecule has 0 saturated heterocycles. The predicted octanol–water partition coefficient (Wildman–Crippen LogP) is 3.71. The van der Waals surface area contributed by atoms with Crippen molar-refractivity contribution in [2.24, 2.45) is 4.99 Å². The van der Waals surface area contributed by atoms with Gasteiger partial charge >= 0.3 is 0 Å². The second-order valence-corrected chi connectivity index (χ2v) is 4.88. The number of methoxy groups -OCH3 is 1. The van der Waals surface area contributed by atoms with Crippen molar-refractivity contribution in [3.63, 3.8) is 0 Å². The minimum absolute atomic E-state index is 0.0584. The summed E-state index contributed by atoms with van der Waals surface area (Å²) in [5, 5.41) is 0. The van der Waals surface area contributed by atoms with Gasteiger partial charge in [0.1, 0.15) is 5.75 Å². The van der Waals surface area contributed by atoms with E-state index in [1.54, 1.807) is 13.2 Å². The maximum atomic E-state index is 12.4. The van der Waals surface area contributed by atoms with Crippen molar-refractivity contribution >= 4 is 17.2 Å². The molecule has 0 amide bonds. The molecule has 3 rings (SSSR count). The normalized spacial score (nSPS) is 13.7. The van der Waals surface area contributed by atoms with Gasteiger partial charge in [0.15, 0.2) is 5.78 Å². The van der Waals surface area contributed by atoms with Crippen LogP contribution in [0.25, 0.3) is 0 Å². The van der Waals surface area contributed by atoms with Crippen molar-refractivity contribution < 1.29 is 9.53 Å². The molecule has 0 atom stereocenters. The monoisotopic (exact) mass is 265 g/mol. The van der Waals surface area contributed by atoms with Gasteiger partial charge in [-0.3, -0.25) is 9.79 Å². The lowest BCUT2D eigenvalue weighted by atomic mass is 9.95. The first-order chi connectivity index (χ1) is 9.69. The third kappa shape index (κ3) is 2.11. The van der Waals surface area contributed by atoms with E-state index in [-0.39, 0.29) is 5.78 Å². The van der Waals surface area contributed by atoms with Gasteiger partial charge in [-0.25, -0.2) is 0 Å². The molecule has 1 aliphatic rings. The zero-order chi connectivity index (χ0) is 14.1. The fourth-order valence-electron chi connectivity index (χ4n) is 2.40. The summed E-state index contributed by atoms with van der Waals surface area (Å²) in [6, 6.07) is 13.6. The van der Waals surface area contributed by atoms with Gasteiger partial charge in [0.05, 0.1) is 30.5 Å². The summed E-state index contributed by atoms with van der Waals surface area (Å²) in [6.45, 7) is 2.04. The fraction of sp³-hybridized carbons (Fsp3) is 0.176. The summed E-state index contributed by atoms with van der Waals surface area (Å²) in [6.07, 6.45) is 0.316. The number of benzene rings is 2. The highest BCUT2D eigenvalue weighted by molar-refractivity contribution is 6.21. The Hall–Kier alpha value is -2.42. The van der Waals surface area contributed by atoms with Crippen LogP contribution in [0.2, 0.25) is 0 Å². The number of ketones is 1. The maximum Gasteiger partial charge on any atom is 0.174 e. The highest BCUT2D eigenvalue weighted by Gasteiger charge is 2.24. The predicted molar refractivity (Wildman–Crippen MR) is 79.3 cm³/mol. The van der Waals surface area contributed by atoms with E-state index in [1.165, 1.54) is 5.56 Å². The lowest BCUT2D eigenvalue weighted by molar-refractivity contribution is 0.0997. The van der Waals surface area contributed by atoms with Crippen LogP contribution in [-0.4, -0.2) is 18.6 Å². The van der Waals surface area contributed by atoms with Gasteiger partial charge < -0.3 is 4.74 Å². The number of aryl methyl sites for hydroxylation is 1. The van der Waals surface area contributed by atoms with Crippen LogP contribution >= 0.6 is 0 Å². The van der Waals surface area contributed by atoms with Crippen LogP contribution in [0, 0.1) is 6.92 Å². The third-order valence-electron chi connectivity index (χ3n) is 3.47. The van der Waals surface area contributed by atoms with E-state index in [9.17, 15) is 4.79 Å². The maximum absolute atomic E-state index is 12.4. The van der Waals surface area contributed by atoms with Crippen molar-refractivity contribution in [3.05, 3.63) is 59.2 Å². The van der Waals surface area contributed by atoms with Gasteiger partial charge in [0.25, 0.3) is 0 Å². The van der Waals surface area contributed by atoms with Crippen molar-refractivity contribution in [2.45, 2.75) is 13.3 Å². The zero-order valence-corrected chi connectivity index (χ0v) is 11.5. The average molecular weight is 265 g/mol. The molecule has 3 nitrogen and oxygen atoms in total. The molecule has 1 aliphatic heterocycles. The van der Waals surface area contributed by atoms with Crippen LogP contribution in [0.4, 0.5) is 5.69 Å². The molecular formula is C17H15NO2. The largest absolute Gasteiger partial charge is 0.496 e. The van der Waals surface area contributed by atoms with Crippen LogP contribution in [0.5, 0.6) is 5.75 Å². The molecule has 0 aromatic heterocycles. The molecule has 20 heavy (non-hydrogen) atoms. The van der Waals surface area contributed by atoms with Gasteiger partial charge in [-0.2, -0.15) is 0 Å². The minimum Gasteiger partial charge on any atom is -0.496 e. The van der Waals surface area contributed by atoms with Gasteiger partial charge in [0.2, 0.25) is 0 Å². The Morgan fingerprint density at radius 2 is 1.85 bits per heavy atom. The smallest absolute Gasteiger partial charge is 0.174 e. The summed E-state index contributed by atoms with van der Waals surface area (Å²) in [5.41, 5.74) is 4.29. The van der Waals surface area contributed by atoms with E-state index < -0.39 is 0 Å².